The van der Waals surface area contributed by atoms with Crippen molar-refractivity contribution in [1.82, 2.24) is 15.0 Å². The second kappa shape index (κ2) is 6.95. The molecule has 0 aliphatic heterocycles. The van der Waals surface area contributed by atoms with Crippen LogP contribution in [0.1, 0.15) is 19.7 Å². The van der Waals surface area contributed by atoms with Crippen molar-refractivity contribution in [3.05, 3.63) is 35.1 Å². The van der Waals surface area contributed by atoms with E-state index in [0.717, 1.165) is 5.56 Å². The van der Waals surface area contributed by atoms with Gasteiger partial charge in [0.15, 0.2) is 11.6 Å². The minimum absolute atomic E-state index is 0.0276. The number of anilines is 1. The molecule has 0 amide bonds. The Hall–Kier alpha value is -0.850. The van der Waals surface area contributed by atoms with Crippen molar-refractivity contribution in [1.29, 1.82) is 0 Å². The molecule has 0 saturated carbocycles. The summed E-state index contributed by atoms with van der Waals surface area (Å²) in [5.74, 6) is 0.680. The lowest BCUT2D eigenvalue weighted by atomic mass is 10.1. The minimum Gasteiger partial charge on any atom is -0.352 e. The van der Waals surface area contributed by atoms with Crippen LogP contribution in [0.2, 0.25) is 5.02 Å². The second-order valence-electron chi connectivity index (χ2n) is 5.65. The van der Waals surface area contributed by atoms with Crippen molar-refractivity contribution in [2.75, 3.05) is 11.9 Å². The van der Waals surface area contributed by atoms with Crippen LogP contribution in [0.3, 0.4) is 0 Å². The molecule has 0 atom stereocenters. The van der Waals surface area contributed by atoms with Gasteiger partial charge < -0.3 is 11.1 Å². The third-order valence-electron chi connectivity index (χ3n) is 2.69. The van der Waals surface area contributed by atoms with E-state index in [1.165, 1.54) is 0 Å². The monoisotopic (exact) mass is 393 g/mol. The fourth-order valence-corrected chi connectivity index (χ4v) is 2.00. The topological polar surface area (TPSA) is 76.7 Å². The van der Waals surface area contributed by atoms with Gasteiger partial charge >= 0.3 is 0 Å². The number of hydrogen-bond acceptors (Lipinski definition) is 5. The average molecular weight is 395 g/mol. The number of benzene rings is 1. The van der Waals surface area contributed by atoms with Crippen LogP contribution in [-0.4, -0.2) is 27.0 Å². The first-order valence-corrected chi connectivity index (χ1v) is 8.18. The molecular weight excluding hydrogens is 380 g/mol. The summed E-state index contributed by atoms with van der Waals surface area (Å²) in [6.07, 6.45) is 0. The Morgan fingerprint density at radius 2 is 1.65 bits per heavy atom. The van der Waals surface area contributed by atoms with Crippen LogP contribution >= 0.6 is 46.4 Å². The molecule has 0 aliphatic carbocycles. The Kier molecular flexibility index (Phi) is 5.59. The molecule has 2 aromatic rings. The number of rotatable bonds is 4. The Morgan fingerprint density at radius 3 is 2.17 bits per heavy atom. The van der Waals surface area contributed by atoms with Crippen molar-refractivity contribution in [3.8, 4) is 11.4 Å². The Bertz CT molecular complexity index is 677. The quantitative estimate of drug-likeness (QED) is 0.761. The number of nitrogens with zero attached hydrogens (tertiary/aromatic N) is 3. The Labute approximate surface area is 154 Å². The van der Waals surface area contributed by atoms with Crippen LogP contribution in [0, 0.1) is 0 Å². The van der Waals surface area contributed by atoms with E-state index in [4.69, 9.17) is 52.1 Å². The van der Waals surface area contributed by atoms with E-state index in [-0.39, 0.29) is 11.8 Å². The largest absolute Gasteiger partial charge is 0.352 e. The SMILES string of the molecule is CC(C)(N)CNc1nc(-c2ccc(Cl)cc2)nc(C(Cl)(Cl)Cl)n1. The van der Waals surface area contributed by atoms with Gasteiger partial charge in [0.2, 0.25) is 9.74 Å². The highest BCUT2D eigenvalue weighted by Gasteiger charge is 2.28. The summed E-state index contributed by atoms with van der Waals surface area (Å²) in [6, 6.07) is 7.00. The third kappa shape index (κ3) is 5.62. The van der Waals surface area contributed by atoms with E-state index in [0.29, 0.717) is 17.4 Å². The van der Waals surface area contributed by atoms with Gasteiger partial charge in [-0.2, -0.15) is 9.97 Å². The average Bonchev–Trinajstić information content (AvgIpc) is 2.44. The summed E-state index contributed by atoms with van der Waals surface area (Å²) < 4.78 is -1.77. The van der Waals surface area contributed by atoms with Gasteiger partial charge in [0, 0.05) is 22.7 Å². The lowest BCUT2D eigenvalue weighted by Gasteiger charge is -2.20. The highest BCUT2D eigenvalue weighted by molar-refractivity contribution is 6.66. The first-order chi connectivity index (χ1) is 10.5. The van der Waals surface area contributed by atoms with Crippen molar-refractivity contribution in [3.63, 3.8) is 0 Å². The van der Waals surface area contributed by atoms with Crippen LogP contribution in [-0.2, 0) is 3.79 Å². The normalized spacial score (nSPS) is 12.3. The zero-order chi connectivity index (χ0) is 17.3. The fraction of sp³-hybridized carbons (Fsp3) is 0.357. The standard InChI is InChI=1S/C14H15Cl4N5/c1-13(2,19)7-20-12-22-10(8-3-5-9(15)6-4-8)21-11(23-12)14(16,17)18/h3-6H,7,19H2,1-2H3,(H,20,21,22,23). The molecule has 0 unspecified atom stereocenters. The van der Waals surface area contributed by atoms with Crippen molar-refractivity contribution < 1.29 is 0 Å². The van der Waals surface area contributed by atoms with Crippen LogP contribution in [0.4, 0.5) is 5.95 Å². The maximum atomic E-state index is 5.95. The van der Waals surface area contributed by atoms with Crippen LogP contribution in [0.25, 0.3) is 11.4 Å². The van der Waals surface area contributed by atoms with Gasteiger partial charge in [-0.15, -0.1) is 0 Å². The fourth-order valence-electron chi connectivity index (χ4n) is 1.62. The predicted octanol–water partition coefficient (Wildman–Crippen LogP) is 4.17. The molecule has 9 heteroatoms. The number of aromatic nitrogens is 3. The summed E-state index contributed by atoms with van der Waals surface area (Å²) >= 11 is 23.6. The maximum absolute atomic E-state index is 5.95. The molecule has 1 aromatic heterocycles. The number of halogens is 4. The van der Waals surface area contributed by atoms with Crippen LogP contribution in [0.5, 0.6) is 0 Å². The van der Waals surface area contributed by atoms with Gasteiger partial charge in [-0.25, -0.2) is 4.98 Å². The second-order valence-corrected chi connectivity index (χ2v) is 8.37. The zero-order valence-corrected chi connectivity index (χ0v) is 15.5. The molecule has 0 spiro atoms. The maximum Gasteiger partial charge on any atom is 0.250 e. The molecule has 0 bridgehead atoms. The summed E-state index contributed by atoms with van der Waals surface area (Å²) in [5.41, 5.74) is 6.22. The molecule has 0 aliphatic rings. The van der Waals surface area contributed by atoms with Crippen molar-refractivity contribution in [2.24, 2.45) is 5.73 Å². The summed E-state index contributed by atoms with van der Waals surface area (Å²) in [7, 11) is 0. The van der Waals surface area contributed by atoms with Gasteiger partial charge in [-0.3, -0.25) is 0 Å². The van der Waals surface area contributed by atoms with Crippen LogP contribution in [0.15, 0.2) is 24.3 Å². The molecule has 124 valence electrons. The van der Waals surface area contributed by atoms with Gasteiger partial charge in [-0.05, 0) is 38.1 Å². The predicted molar refractivity (Wildman–Crippen MR) is 96.3 cm³/mol. The Balaban J connectivity index is 2.43. The molecule has 5 nitrogen and oxygen atoms in total. The van der Waals surface area contributed by atoms with E-state index < -0.39 is 9.33 Å². The highest BCUT2D eigenvalue weighted by Crippen LogP contribution is 2.36. The molecule has 2 rings (SSSR count). The molecule has 0 radical (unpaired) electrons. The molecule has 3 N–H and O–H groups in total. The highest BCUT2D eigenvalue weighted by atomic mass is 35.6. The zero-order valence-electron chi connectivity index (χ0n) is 12.4. The van der Waals surface area contributed by atoms with Gasteiger partial charge in [0.05, 0.1) is 0 Å². The molecule has 0 saturated heterocycles. The van der Waals surface area contributed by atoms with Crippen LogP contribution < -0.4 is 11.1 Å². The molecule has 23 heavy (non-hydrogen) atoms. The Morgan fingerprint density at radius 1 is 1.04 bits per heavy atom. The number of nitrogens with two attached hydrogens (primary N) is 1. The van der Waals surface area contributed by atoms with Gasteiger partial charge in [0.25, 0.3) is 0 Å². The minimum atomic E-state index is -1.77. The van der Waals surface area contributed by atoms with Crippen molar-refractivity contribution >= 4 is 52.4 Å². The molecule has 1 aromatic carbocycles. The molecule has 0 fully saturated rings. The van der Waals surface area contributed by atoms with Gasteiger partial charge in [0.1, 0.15) is 0 Å². The van der Waals surface area contributed by atoms with E-state index in [9.17, 15) is 0 Å². The third-order valence-corrected chi connectivity index (χ3v) is 3.45. The number of nitrogens with one attached hydrogen (secondary N) is 1. The first kappa shape index (κ1) is 18.5. The lowest BCUT2D eigenvalue weighted by Crippen LogP contribution is -2.40. The summed E-state index contributed by atoms with van der Waals surface area (Å²) in [4.78, 5) is 12.7. The van der Waals surface area contributed by atoms with E-state index in [1.54, 1.807) is 24.3 Å². The summed E-state index contributed by atoms with van der Waals surface area (Å²) in [5, 5.41) is 3.63. The van der Waals surface area contributed by atoms with E-state index in [2.05, 4.69) is 20.3 Å². The number of hydrogen-bond donors (Lipinski definition) is 2. The van der Waals surface area contributed by atoms with E-state index in [1.807, 2.05) is 13.8 Å². The van der Waals surface area contributed by atoms with E-state index >= 15 is 0 Å². The van der Waals surface area contributed by atoms with Gasteiger partial charge in [-0.1, -0.05) is 46.4 Å². The number of alkyl halides is 3. The first-order valence-electron chi connectivity index (χ1n) is 6.66. The van der Waals surface area contributed by atoms with Crippen molar-refractivity contribution in [2.45, 2.75) is 23.2 Å². The molecular formula is C14H15Cl4N5. The molecule has 1 heterocycles. The summed E-state index contributed by atoms with van der Waals surface area (Å²) in [6.45, 7) is 4.19. The smallest absolute Gasteiger partial charge is 0.250 e. The lowest BCUT2D eigenvalue weighted by molar-refractivity contribution is 0.547.